The van der Waals surface area contributed by atoms with E-state index in [1.54, 1.807) is 0 Å². The lowest BCUT2D eigenvalue weighted by Crippen LogP contribution is -1.99. The van der Waals surface area contributed by atoms with E-state index in [9.17, 15) is 4.79 Å². The van der Waals surface area contributed by atoms with Crippen molar-refractivity contribution in [3.63, 3.8) is 0 Å². The Morgan fingerprint density at radius 3 is 3.09 bits per heavy atom. The Morgan fingerprint density at radius 1 is 1.82 bits per heavy atom. The summed E-state index contributed by atoms with van der Waals surface area (Å²) >= 11 is 5.55. The number of benzene rings is 1. The zero-order chi connectivity index (χ0) is 13.5. The van der Waals surface area contributed by atoms with Gasteiger partial charge in [0.25, 0.3) is 0 Å². The van der Waals surface area contributed by atoms with E-state index in [1.165, 1.54) is 0 Å². The van der Waals surface area contributed by atoms with Crippen LogP contribution in [-0.4, -0.2) is 11.1 Å². The van der Waals surface area contributed by atoms with Crippen LogP contribution in [0.2, 0.25) is 5.02 Å². The molecule has 1 rings (SSSR count). The summed E-state index contributed by atoms with van der Waals surface area (Å²) < 4.78 is 43.6. The normalized spacial score (nSPS) is 18.6. The maximum absolute atomic E-state index is 10.9. The Bertz CT molecular complexity index is 496. The molecule has 0 radical (unpaired) electrons. The molecular formula is C8H7ClO2. The van der Waals surface area contributed by atoms with Gasteiger partial charge in [0.1, 0.15) is 0 Å². The molecule has 0 saturated heterocycles. The van der Waals surface area contributed by atoms with Crippen LogP contribution in [0.1, 0.15) is 24.1 Å². The van der Waals surface area contributed by atoms with Crippen LogP contribution in [0.5, 0.6) is 0 Å². The van der Waals surface area contributed by atoms with Gasteiger partial charge in [-0.3, -0.25) is 0 Å². The highest BCUT2D eigenvalue weighted by molar-refractivity contribution is 6.33. The van der Waals surface area contributed by atoms with Crippen LogP contribution in [0.4, 0.5) is 0 Å². The van der Waals surface area contributed by atoms with E-state index in [0.717, 1.165) is 0 Å². The van der Waals surface area contributed by atoms with Gasteiger partial charge in [-0.2, -0.15) is 0 Å². The van der Waals surface area contributed by atoms with Crippen molar-refractivity contribution >= 4 is 17.6 Å². The van der Waals surface area contributed by atoms with Gasteiger partial charge >= 0.3 is 5.97 Å². The number of carboxylic acid groups (broad SMARTS) is 1. The summed E-state index contributed by atoms with van der Waals surface area (Å²) in [5.74, 6) is -1.64. The molecule has 0 saturated carbocycles. The number of carboxylic acids is 1. The van der Waals surface area contributed by atoms with Crippen molar-refractivity contribution in [1.82, 2.24) is 0 Å². The number of halogens is 1. The fraction of sp³-hybridized carbons (Fsp3) is 0.125. The maximum atomic E-state index is 10.9. The van der Waals surface area contributed by atoms with Crippen molar-refractivity contribution in [1.29, 1.82) is 0 Å². The van der Waals surface area contributed by atoms with Gasteiger partial charge in [-0.25, -0.2) is 4.79 Å². The van der Waals surface area contributed by atoms with Gasteiger partial charge in [0.2, 0.25) is 0 Å². The summed E-state index contributed by atoms with van der Waals surface area (Å²) in [6.07, 6.45) is 0. The maximum Gasteiger partial charge on any atom is 0.337 e. The SMILES string of the molecule is [2H]c1c([2H])c(Cl)c(C(=O)O)c(C([2H])([2H])[2H])c1[2H]. The molecule has 0 heterocycles. The first-order valence-corrected chi connectivity index (χ1v) is 2.99. The van der Waals surface area contributed by atoms with Crippen molar-refractivity contribution in [2.75, 3.05) is 0 Å². The van der Waals surface area contributed by atoms with E-state index >= 15 is 0 Å². The van der Waals surface area contributed by atoms with Crippen molar-refractivity contribution in [2.24, 2.45) is 0 Å². The smallest absolute Gasteiger partial charge is 0.337 e. The topological polar surface area (TPSA) is 37.3 Å². The van der Waals surface area contributed by atoms with Crippen LogP contribution < -0.4 is 0 Å². The number of aromatic carboxylic acids is 1. The molecule has 11 heavy (non-hydrogen) atoms. The van der Waals surface area contributed by atoms with Gasteiger partial charge in [0, 0.05) is 4.11 Å². The van der Waals surface area contributed by atoms with E-state index in [1.807, 2.05) is 0 Å². The summed E-state index contributed by atoms with van der Waals surface area (Å²) in [6.45, 7) is -2.88. The lowest BCUT2D eigenvalue weighted by atomic mass is 10.1. The predicted octanol–water partition coefficient (Wildman–Crippen LogP) is 2.35. The van der Waals surface area contributed by atoms with Crippen molar-refractivity contribution in [2.45, 2.75) is 6.85 Å². The average molecular weight is 177 g/mol. The van der Waals surface area contributed by atoms with Gasteiger partial charge in [-0.15, -0.1) is 0 Å². The minimum Gasteiger partial charge on any atom is -0.478 e. The zero-order valence-corrected chi connectivity index (χ0v) is 5.99. The third kappa shape index (κ3) is 1.52. The van der Waals surface area contributed by atoms with Crippen LogP contribution in [0.3, 0.4) is 0 Å². The average Bonchev–Trinajstić information content (AvgIpc) is 2.17. The van der Waals surface area contributed by atoms with Gasteiger partial charge in [-0.1, -0.05) is 23.7 Å². The second-order valence-corrected chi connectivity index (χ2v) is 2.12. The highest BCUT2D eigenvalue weighted by Crippen LogP contribution is 2.18. The van der Waals surface area contributed by atoms with Gasteiger partial charge in [0.05, 0.1) is 14.7 Å². The second-order valence-electron chi connectivity index (χ2n) is 1.74. The van der Waals surface area contributed by atoms with E-state index < -0.39 is 47.1 Å². The Kier molecular flexibility index (Phi) is 0.838. The predicted molar refractivity (Wildman–Crippen MR) is 43.1 cm³/mol. The molecule has 0 aliphatic carbocycles. The van der Waals surface area contributed by atoms with E-state index in [-0.39, 0.29) is 0 Å². The first-order chi connectivity index (χ1) is 7.59. The number of hydrogen-bond acceptors (Lipinski definition) is 1. The molecule has 58 valence electrons. The molecule has 0 aliphatic heterocycles. The lowest BCUT2D eigenvalue weighted by Gasteiger charge is -2.00. The summed E-state index contributed by atoms with van der Waals surface area (Å²) in [5, 5.41) is 8.25. The van der Waals surface area contributed by atoms with E-state index in [4.69, 9.17) is 24.9 Å². The largest absolute Gasteiger partial charge is 0.478 e. The number of rotatable bonds is 1. The number of hydrogen-bond donors (Lipinski definition) is 1. The highest BCUT2D eigenvalue weighted by atomic mass is 35.5. The zero-order valence-electron chi connectivity index (χ0n) is 11.2. The van der Waals surface area contributed by atoms with Gasteiger partial charge < -0.3 is 5.11 Å². The highest BCUT2D eigenvalue weighted by Gasteiger charge is 2.09. The minimum atomic E-state index is -2.88. The molecule has 1 aromatic carbocycles. The molecule has 0 amide bonds. The molecule has 0 aromatic heterocycles. The van der Waals surface area contributed by atoms with Crippen LogP contribution in [0, 0.1) is 6.85 Å². The summed E-state index contributed by atoms with van der Waals surface area (Å²) in [7, 11) is 0. The molecule has 0 aliphatic rings. The fourth-order valence-corrected chi connectivity index (χ4v) is 0.807. The molecule has 3 heteroatoms. The Morgan fingerprint density at radius 2 is 2.55 bits per heavy atom. The lowest BCUT2D eigenvalue weighted by molar-refractivity contribution is 0.0696. The summed E-state index contributed by atoms with van der Waals surface area (Å²) in [4.78, 5) is 10.9. The molecule has 1 N–H and O–H groups in total. The first kappa shape index (κ1) is 3.15. The standard InChI is InChI=1S/C8H7ClO2/c1-5-3-2-4-6(9)7(5)8(10)11/h2-4H,1H3,(H,10,11)/i1D3,2D,3D,4D. The molecule has 0 fully saturated rings. The minimum absolute atomic E-state index is 0.635. The first-order valence-electron chi connectivity index (χ1n) is 5.62. The fourth-order valence-electron chi connectivity index (χ4n) is 0.584. The molecule has 0 bridgehead atoms. The molecule has 2 nitrogen and oxygen atoms in total. The van der Waals surface area contributed by atoms with Crippen molar-refractivity contribution < 1.29 is 18.1 Å². The van der Waals surface area contributed by atoms with Crippen molar-refractivity contribution in [3.8, 4) is 0 Å². The third-order valence-electron chi connectivity index (χ3n) is 1.04. The van der Waals surface area contributed by atoms with E-state index in [0.29, 0.717) is 0 Å². The molecular weight excluding hydrogens is 164 g/mol. The molecule has 0 spiro atoms. The Hall–Kier alpha value is -1.02. The monoisotopic (exact) mass is 176 g/mol. The van der Waals surface area contributed by atoms with Crippen LogP contribution >= 0.6 is 11.6 Å². The second kappa shape index (κ2) is 2.93. The molecule has 0 atom stereocenters. The molecule has 1 aromatic rings. The van der Waals surface area contributed by atoms with Crippen LogP contribution in [-0.2, 0) is 0 Å². The summed E-state index contributed by atoms with van der Waals surface area (Å²) in [5.41, 5.74) is -1.62. The molecule has 0 unspecified atom stereocenters. The van der Waals surface area contributed by atoms with Gasteiger partial charge in [-0.05, 0) is 18.5 Å². The van der Waals surface area contributed by atoms with E-state index in [2.05, 4.69) is 0 Å². The third-order valence-corrected chi connectivity index (χ3v) is 1.33. The van der Waals surface area contributed by atoms with Gasteiger partial charge in [0.15, 0.2) is 0 Å². The quantitative estimate of drug-likeness (QED) is 0.713. The van der Waals surface area contributed by atoms with Crippen LogP contribution in [0.25, 0.3) is 0 Å². The Balaban J connectivity index is 3.86. The van der Waals surface area contributed by atoms with Crippen molar-refractivity contribution in [3.05, 3.63) is 34.3 Å². The Labute approximate surface area is 77.9 Å². The number of carbonyl (C=O) groups is 1. The van der Waals surface area contributed by atoms with Crippen LogP contribution in [0.15, 0.2) is 18.1 Å². The summed E-state index contributed by atoms with van der Waals surface area (Å²) in [6, 6.07) is -2.18.